The first-order valence-electron chi connectivity index (χ1n) is 7.97. The zero-order valence-electron chi connectivity index (χ0n) is 14.6. The molecule has 0 radical (unpaired) electrons. The number of β-amino-alcohol motifs (C(OH)–C–C–N with tert-alkyl or cyclic N) is 1. The smallest absolute Gasteiger partial charge is 0.172 e. The number of rotatable bonds is 4. The van der Waals surface area contributed by atoms with E-state index in [1.807, 2.05) is 41.6 Å². The quantitative estimate of drug-likeness (QED) is 0.785. The topological polar surface area (TPSA) is 104 Å². The van der Waals surface area contributed by atoms with Crippen LogP contribution >= 0.6 is 0 Å². The first-order valence-corrected chi connectivity index (χ1v) is 7.97. The summed E-state index contributed by atoms with van der Waals surface area (Å²) in [5, 5.41) is 36.5. The molecule has 2 aliphatic heterocycles. The second-order valence-electron chi connectivity index (χ2n) is 6.06. The van der Waals surface area contributed by atoms with E-state index in [4.69, 9.17) is 20.4 Å². The number of allylic oxidation sites excluding steroid dienone is 7. The van der Waals surface area contributed by atoms with Crippen molar-refractivity contribution in [1.29, 1.82) is 15.8 Å². The maximum absolute atomic E-state index is 9.47. The zero-order chi connectivity index (χ0) is 19.2. The van der Waals surface area contributed by atoms with Gasteiger partial charge in [0.25, 0.3) is 0 Å². The molecule has 0 amide bonds. The van der Waals surface area contributed by atoms with Gasteiger partial charge in [-0.05, 0) is 31.6 Å². The summed E-state index contributed by atoms with van der Waals surface area (Å²) < 4.78 is 5.70. The Kier molecular flexibility index (Phi) is 5.81. The van der Waals surface area contributed by atoms with Gasteiger partial charge in [0.05, 0.1) is 6.61 Å². The fourth-order valence-corrected chi connectivity index (χ4v) is 2.58. The van der Waals surface area contributed by atoms with Gasteiger partial charge in [-0.1, -0.05) is 18.2 Å². The average Bonchev–Trinajstić information content (AvgIpc) is 2.88. The van der Waals surface area contributed by atoms with Gasteiger partial charge in [0.1, 0.15) is 29.4 Å². The molecule has 130 valence electrons. The molecule has 0 saturated carbocycles. The fourth-order valence-electron chi connectivity index (χ4n) is 2.58. The van der Waals surface area contributed by atoms with Crippen LogP contribution < -0.4 is 0 Å². The molecule has 26 heavy (non-hydrogen) atoms. The first kappa shape index (κ1) is 18.8. The maximum Gasteiger partial charge on any atom is 0.172 e. The highest BCUT2D eigenvalue weighted by molar-refractivity contribution is 5.60. The Morgan fingerprint density at radius 1 is 1.23 bits per heavy atom. The van der Waals surface area contributed by atoms with Crippen LogP contribution in [0.5, 0.6) is 0 Å². The van der Waals surface area contributed by atoms with Crippen molar-refractivity contribution in [3.8, 4) is 18.2 Å². The number of aliphatic hydroxyl groups is 1. The molecule has 0 aromatic carbocycles. The highest BCUT2D eigenvalue weighted by atomic mass is 16.5. The maximum atomic E-state index is 9.47. The van der Waals surface area contributed by atoms with E-state index < -0.39 is 5.60 Å². The third kappa shape index (κ3) is 3.92. The molecule has 0 aromatic heterocycles. The molecule has 1 N–H and O–H groups in total. The van der Waals surface area contributed by atoms with Gasteiger partial charge >= 0.3 is 0 Å². The average molecular weight is 346 g/mol. The predicted octanol–water partition coefficient (Wildman–Crippen LogP) is 2.73. The molecule has 2 aliphatic rings. The third-order valence-electron chi connectivity index (χ3n) is 3.89. The van der Waals surface area contributed by atoms with Crippen molar-refractivity contribution >= 4 is 0 Å². The molecular formula is C20H18N4O2. The molecule has 6 heteroatoms. The van der Waals surface area contributed by atoms with Crippen molar-refractivity contribution in [1.82, 2.24) is 4.90 Å². The highest BCUT2D eigenvalue weighted by Crippen LogP contribution is 2.40. The van der Waals surface area contributed by atoms with Crippen LogP contribution in [0.25, 0.3) is 0 Å². The van der Waals surface area contributed by atoms with Crippen LogP contribution in [0.4, 0.5) is 0 Å². The van der Waals surface area contributed by atoms with Crippen LogP contribution in [0.2, 0.25) is 0 Å². The standard InChI is InChI=1S/C20H18N4O2/c1-20(2)18(17(14-23)19(26-20)16(12-21)13-22)5-3-4-15-6-8-24(9-7-15)10-11-25/h3-9,25H,10-11H2,1-2H3/b5-3+. The second-order valence-corrected chi connectivity index (χ2v) is 6.06. The van der Waals surface area contributed by atoms with Crippen LogP contribution in [0.3, 0.4) is 0 Å². The van der Waals surface area contributed by atoms with E-state index in [-0.39, 0.29) is 23.5 Å². The van der Waals surface area contributed by atoms with E-state index in [0.717, 1.165) is 5.57 Å². The Balaban J connectivity index is 2.31. The van der Waals surface area contributed by atoms with E-state index in [1.165, 1.54) is 0 Å². The van der Waals surface area contributed by atoms with Crippen molar-refractivity contribution in [2.75, 3.05) is 13.2 Å². The Bertz CT molecular complexity index is 862. The largest absolute Gasteiger partial charge is 0.480 e. The number of aliphatic hydroxyl groups excluding tert-OH is 1. The number of nitriles is 3. The highest BCUT2D eigenvalue weighted by Gasteiger charge is 2.38. The summed E-state index contributed by atoms with van der Waals surface area (Å²) in [6, 6.07) is 5.58. The molecular weight excluding hydrogens is 328 g/mol. The SMILES string of the molecule is CC1(C)OC(=C(C#N)C#N)C(C#N)=C1/C=C/C=C1C=CN(CCO)C=C1. The normalized spacial score (nSPS) is 17.8. The van der Waals surface area contributed by atoms with Crippen LogP contribution in [0, 0.1) is 34.0 Å². The summed E-state index contributed by atoms with van der Waals surface area (Å²) >= 11 is 0. The molecule has 0 atom stereocenters. The Morgan fingerprint density at radius 2 is 1.88 bits per heavy atom. The van der Waals surface area contributed by atoms with E-state index in [0.29, 0.717) is 12.1 Å². The summed E-state index contributed by atoms with van der Waals surface area (Å²) in [5.74, 6) is 0.0342. The van der Waals surface area contributed by atoms with E-state index in [9.17, 15) is 5.26 Å². The van der Waals surface area contributed by atoms with Gasteiger partial charge in [0.15, 0.2) is 11.3 Å². The predicted molar refractivity (Wildman–Crippen MR) is 95.3 cm³/mol. The second kappa shape index (κ2) is 8.03. The summed E-state index contributed by atoms with van der Waals surface area (Å²) in [6.45, 7) is 4.18. The minimum Gasteiger partial charge on any atom is -0.480 e. The van der Waals surface area contributed by atoms with Gasteiger partial charge in [0, 0.05) is 24.5 Å². The number of nitrogens with zero attached hydrogens (tertiary/aromatic N) is 4. The van der Waals surface area contributed by atoms with Gasteiger partial charge in [0.2, 0.25) is 0 Å². The molecule has 0 unspecified atom stereocenters. The lowest BCUT2D eigenvalue weighted by molar-refractivity contribution is 0.0954. The Morgan fingerprint density at radius 3 is 2.42 bits per heavy atom. The lowest BCUT2D eigenvalue weighted by Crippen LogP contribution is -2.20. The van der Waals surface area contributed by atoms with Crippen molar-refractivity contribution in [2.45, 2.75) is 19.4 Å². The molecule has 6 nitrogen and oxygen atoms in total. The number of ether oxygens (including phenoxy) is 1. The van der Waals surface area contributed by atoms with E-state index in [2.05, 4.69) is 0 Å². The van der Waals surface area contributed by atoms with Crippen LogP contribution in [-0.4, -0.2) is 28.8 Å². The summed E-state index contributed by atoms with van der Waals surface area (Å²) in [6.07, 6.45) is 13.0. The number of hydrogen-bond donors (Lipinski definition) is 1. The minimum absolute atomic E-state index is 0.0342. The molecule has 0 spiro atoms. The molecule has 0 saturated heterocycles. The van der Waals surface area contributed by atoms with Crippen LogP contribution in [-0.2, 0) is 4.74 Å². The zero-order valence-corrected chi connectivity index (χ0v) is 14.6. The molecule has 2 heterocycles. The lowest BCUT2D eigenvalue weighted by atomic mass is 9.94. The molecule has 0 fully saturated rings. The Hall–Kier alpha value is -3.53. The van der Waals surface area contributed by atoms with Gasteiger partial charge in [-0.15, -0.1) is 0 Å². The third-order valence-corrected chi connectivity index (χ3v) is 3.89. The first-order chi connectivity index (χ1) is 12.5. The van der Waals surface area contributed by atoms with Crippen LogP contribution in [0.1, 0.15) is 13.8 Å². The van der Waals surface area contributed by atoms with Crippen molar-refractivity contribution in [3.05, 3.63) is 70.8 Å². The molecule has 0 aliphatic carbocycles. The summed E-state index contributed by atoms with van der Waals surface area (Å²) in [4.78, 5) is 1.87. The Labute approximate surface area is 152 Å². The molecule has 0 bridgehead atoms. The van der Waals surface area contributed by atoms with Crippen molar-refractivity contribution in [2.24, 2.45) is 0 Å². The monoisotopic (exact) mass is 346 g/mol. The van der Waals surface area contributed by atoms with Crippen molar-refractivity contribution in [3.63, 3.8) is 0 Å². The van der Waals surface area contributed by atoms with Crippen molar-refractivity contribution < 1.29 is 9.84 Å². The molecule has 0 aromatic rings. The number of hydrogen-bond acceptors (Lipinski definition) is 6. The molecule has 2 rings (SSSR count). The van der Waals surface area contributed by atoms with Gasteiger partial charge in [-0.3, -0.25) is 0 Å². The summed E-state index contributed by atoms with van der Waals surface area (Å²) in [5.41, 5.74) is 0.743. The lowest BCUT2D eigenvalue weighted by Gasteiger charge is -2.20. The van der Waals surface area contributed by atoms with Gasteiger partial charge in [-0.2, -0.15) is 15.8 Å². The fraction of sp³-hybridized carbons (Fsp3) is 0.250. The van der Waals surface area contributed by atoms with Gasteiger partial charge < -0.3 is 14.7 Å². The van der Waals surface area contributed by atoms with Gasteiger partial charge in [-0.25, -0.2) is 0 Å². The van der Waals surface area contributed by atoms with E-state index in [1.54, 1.807) is 38.1 Å². The van der Waals surface area contributed by atoms with Crippen LogP contribution in [0.15, 0.2) is 70.8 Å². The minimum atomic E-state index is -0.815. The van der Waals surface area contributed by atoms with E-state index >= 15 is 0 Å². The summed E-state index contributed by atoms with van der Waals surface area (Å²) in [7, 11) is 0.